The molecule has 1 aliphatic rings. The Morgan fingerprint density at radius 2 is 1.60 bits per heavy atom. The van der Waals surface area contributed by atoms with E-state index in [-0.39, 0.29) is 17.5 Å². The van der Waals surface area contributed by atoms with E-state index in [1.165, 1.54) is 31.7 Å². The van der Waals surface area contributed by atoms with Gasteiger partial charge in [-0.25, -0.2) is 0 Å². The molecule has 0 spiro atoms. The number of rotatable bonds is 5. The highest BCUT2D eigenvalue weighted by Crippen LogP contribution is 2.34. The molecule has 1 saturated carbocycles. The average molecular weight is 277 g/mol. The number of phenolic OH excluding ortho intramolecular Hbond substituents is 2. The van der Waals surface area contributed by atoms with Crippen LogP contribution >= 0.6 is 0 Å². The van der Waals surface area contributed by atoms with Gasteiger partial charge < -0.3 is 10.2 Å². The predicted octanol–water partition coefficient (Wildman–Crippen LogP) is 4.06. The molecule has 1 aromatic carbocycles. The molecule has 0 aromatic heterocycles. The molecule has 3 heteroatoms. The lowest BCUT2D eigenvalue weighted by Gasteiger charge is -2.36. The molecule has 0 aliphatic heterocycles. The molecule has 0 bridgehead atoms. The number of phenols is 2. The van der Waals surface area contributed by atoms with Crippen molar-refractivity contribution in [3.63, 3.8) is 0 Å². The topological polar surface area (TPSA) is 43.7 Å². The van der Waals surface area contributed by atoms with Crippen molar-refractivity contribution in [2.75, 3.05) is 6.54 Å². The van der Waals surface area contributed by atoms with Gasteiger partial charge in [-0.05, 0) is 43.4 Å². The van der Waals surface area contributed by atoms with Crippen molar-refractivity contribution in [1.82, 2.24) is 4.90 Å². The first-order valence-electron chi connectivity index (χ1n) is 7.76. The zero-order valence-electron chi connectivity index (χ0n) is 12.8. The van der Waals surface area contributed by atoms with Crippen LogP contribution in [0.5, 0.6) is 11.5 Å². The summed E-state index contributed by atoms with van der Waals surface area (Å²) in [5, 5.41) is 19.4. The summed E-state index contributed by atoms with van der Waals surface area (Å²) in [6.07, 6.45) is 5.16. The maximum atomic E-state index is 9.69. The molecule has 0 heterocycles. The minimum Gasteiger partial charge on any atom is -0.508 e. The van der Waals surface area contributed by atoms with Crippen molar-refractivity contribution in [3.05, 3.63) is 23.8 Å². The van der Waals surface area contributed by atoms with Crippen molar-refractivity contribution >= 4 is 0 Å². The molecule has 1 fully saturated rings. The summed E-state index contributed by atoms with van der Waals surface area (Å²) in [6, 6.07) is 5.79. The number of benzene rings is 1. The van der Waals surface area contributed by atoms with Crippen LogP contribution in [0.15, 0.2) is 18.2 Å². The molecule has 1 atom stereocenters. The lowest BCUT2D eigenvalue weighted by Crippen LogP contribution is -2.38. The van der Waals surface area contributed by atoms with Crippen molar-refractivity contribution < 1.29 is 10.2 Å². The van der Waals surface area contributed by atoms with Crippen LogP contribution in [0.3, 0.4) is 0 Å². The maximum Gasteiger partial charge on any atom is 0.119 e. The molecule has 0 radical (unpaired) electrons. The monoisotopic (exact) mass is 277 g/mol. The van der Waals surface area contributed by atoms with Crippen LogP contribution in [0.25, 0.3) is 0 Å². The van der Waals surface area contributed by atoms with Gasteiger partial charge in [0.15, 0.2) is 0 Å². The van der Waals surface area contributed by atoms with Gasteiger partial charge in [-0.1, -0.05) is 26.7 Å². The average Bonchev–Trinajstić information content (AvgIpc) is 2.87. The van der Waals surface area contributed by atoms with Gasteiger partial charge in [0.1, 0.15) is 11.5 Å². The fourth-order valence-corrected chi connectivity index (χ4v) is 3.33. The van der Waals surface area contributed by atoms with Gasteiger partial charge in [0.25, 0.3) is 0 Å². The van der Waals surface area contributed by atoms with Gasteiger partial charge in [-0.2, -0.15) is 0 Å². The van der Waals surface area contributed by atoms with E-state index >= 15 is 0 Å². The minimum atomic E-state index is 0.141. The third-order valence-electron chi connectivity index (χ3n) is 4.27. The Morgan fingerprint density at radius 3 is 2.10 bits per heavy atom. The summed E-state index contributed by atoms with van der Waals surface area (Å²) in [6.45, 7) is 7.72. The molecule has 3 nitrogen and oxygen atoms in total. The Balaban J connectivity index is 2.22. The van der Waals surface area contributed by atoms with Crippen LogP contribution in [0, 0.1) is 5.92 Å². The SMILES string of the molecule is CC(C)CN(C1CCCC1)C(C)c1cc(O)cc(O)c1. The van der Waals surface area contributed by atoms with E-state index in [2.05, 4.69) is 25.7 Å². The third-order valence-corrected chi connectivity index (χ3v) is 4.27. The molecule has 0 amide bonds. The molecule has 20 heavy (non-hydrogen) atoms. The van der Waals surface area contributed by atoms with Crippen molar-refractivity contribution in [2.45, 2.75) is 58.5 Å². The second-order valence-electron chi connectivity index (χ2n) is 6.49. The minimum absolute atomic E-state index is 0.141. The molecule has 1 unspecified atom stereocenters. The zero-order valence-corrected chi connectivity index (χ0v) is 12.8. The van der Waals surface area contributed by atoms with Crippen LogP contribution in [0.4, 0.5) is 0 Å². The quantitative estimate of drug-likeness (QED) is 0.853. The Labute approximate surface area is 122 Å². The van der Waals surface area contributed by atoms with E-state index in [1.807, 2.05) is 0 Å². The highest BCUT2D eigenvalue weighted by molar-refractivity contribution is 5.38. The molecule has 2 N–H and O–H groups in total. The number of hydrogen-bond acceptors (Lipinski definition) is 3. The first kappa shape index (κ1) is 15.2. The number of nitrogens with zero attached hydrogens (tertiary/aromatic N) is 1. The molecule has 1 aliphatic carbocycles. The standard InChI is InChI=1S/C17H27NO2/c1-12(2)11-18(15-6-4-5-7-15)13(3)14-8-16(19)10-17(20)9-14/h8-10,12-13,15,19-20H,4-7,11H2,1-3H3. The van der Waals surface area contributed by atoms with Crippen molar-refractivity contribution in [2.24, 2.45) is 5.92 Å². The number of aromatic hydroxyl groups is 2. The van der Waals surface area contributed by atoms with Gasteiger partial charge in [0, 0.05) is 24.7 Å². The van der Waals surface area contributed by atoms with Gasteiger partial charge in [0.05, 0.1) is 0 Å². The number of hydrogen-bond donors (Lipinski definition) is 2. The Hall–Kier alpha value is -1.22. The Kier molecular flexibility index (Phi) is 4.92. The van der Waals surface area contributed by atoms with Crippen LogP contribution in [-0.2, 0) is 0 Å². The second kappa shape index (κ2) is 6.49. The van der Waals surface area contributed by atoms with Crippen LogP contribution in [0.1, 0.15) is 58.1 Å². The second-order valence-corrected chi connectivity index (χ2v) is 6.49. The molecule has 2 rings (SSSR count). The van der Waals surface area contributed by atoms with E-state index in [4.69, 9.17) is 0 Å². The zero-order chi connectivity index (χ0) is 14.7. The first-order valence-corrected chi connectivity index (χ1v) is 7.76. The van der Waals surface area contributed by atoms with Gasteiger partial charge in [-0.3, -0.25) is 4.90 Å². The van der Waals surface area contributed by atoms with Crippen molar-refractivity contribution in [3.8, 4) is 11.5 Å². The molecule has 1 aromatic rings. The summed E-state index contributed by atoms with van der Waals surface area (Å²) >= 11 is 0. The summed E-state index contributed by atoms with van der Waals surface area (Å²) in [5.41, 5.74) is 0.995. The molecule has 0 saturated heterocycles. The maximum absolute atomic E-state index is 9.69. The van der Waals surface area contributed by atoms with E-state index in [0.717, 1.165) is 12.1 Å². The normalized spacial score (nSPS) is 18.1. The third kappa shape index (κ3) is 3.66. The van der Waals surface area contributed by atoms with Gasteiger partial charge in [-0.15, -0.1) is 0 Å². The largest absolute Gasteiger partial charge is 0.508 e. The summed E-state index contributed by atoms with van der Waals surface area (Å²) in [5.74, 6) is 0.898. The van der Waals surface area contributed by atoms with Gasteiger partial charge >= 0.3 is 0 Å². The summed E-state index contributed by atoms with van der Waals surface area (Å²) < 4.78 is 0. The summed E-state index contributed by atoms with van der Waals surface area (Å²) in [4.78, 5) is 2.55. The van der Waals surface area contributed by atoms with Gasteiger partial charge in [0.2, 0.25) is 0 Å². The lowest BCUT2D eigenvalue weighted by atomic mass is 10.0. The lowest BCUT2D eigenvalue weighted by molar-refractivity contribution is 0.127. The Bertz CT molecular complexity index is 418. The highest BCUT2D eigenvalue weighted by Gasteiger charge is 2.28. The fourth-order valence-electron chi connectivity index (χ4n) is 3.33. The van der Waals surface area contributed by atoms with E-state index in [1.54, 1.807) is 12.1 Å². The smallest absolute Gasteiger partial charge is 0.119 e. The summed E-state index contributed by atoms with van der Waals surface area (Å²) in [7, 11) is 0. The van der Waals surface area contributed by atoms with E-state index in [0.29, 0.717) is 12.0 Å². The van der Waals surface area contributed by atoms with E-state index < -0.39 is 0 Å². The van der Waals surface area contributed by atoms with E-state index in [9.17, 15) is 10.2 Å². The molecular weight excluding hydrogens is 250 g/mol. The molecular formula is C17H27NO2. The van der Waals surface area contributed by atoms with Crippen LogP contribution < -0.4 is 0 Å². The Morgan fingerprint density at radius 1 is 1.05 bits per heavy atom. The van der Waals surface area contributed by atoms with Crippen LogP contribution in [-0.4, -0.2) is 27.7 Å². The molecule has 112 valence electrons. The predicted molar refractivity (Wildman–Crippen MR) is 82.0 cm³/mol. The first-order chi connectivity index (χ1) is 9.47. The van der Waals surface area contributed by atoms with Crippen molar-refractivity contribution in [1.29, 1.82) is 0 Å². The van der Waals surface area contributed by atoms with Crippen LogP contribution in [0.2, 0.25) is 0 Å². The highest BCUT2D eigenvalue weighted by atomic mass is 16.3. The fraction of sp³-hybridized carbons (Fsp3) is 0.647.